The molecule has 7 nitrogen and oxygen atoms in total. The second-order valence-electron chi connectivity index (χ2n) is 4.72. The molecular formula is C13H22IN7S. The summed E-state index contributed by atoms with van der Waals surface area (Å²) in [7, 11) is 5.76. The number of thiazole rings is 1. The van der Waals surface area contributed by atoms with Gasteiger partial charge in [0.1, 0.15) is 5.82 Å². The van der Waals surface area contributed by atoms with E-state index >= 15 is 0 Å². The summed E-state index contributed by atoms with van der Waals surface area (Å²) in [6.07, 6.45) is 2.75. The number of nitrogens with zero attached hydrogens (tertiary/aromatic N) is 6. The van der Waals surface area contributed by atoms with Gasteiger partial charge in [-0.2, -0.15) is 0 Å². The van der Waals surface area contributed by atoms with Crippen LogP contribution in [0.3, 0.4) is 0 Å². The fourth-order valence-corrected chi connectivity index (χ4v) is 2.50. The van der Waals surface area contributed by atoms with E-state index in [1.54, 1.807) is 18.4 Å². The quantitative estimate of drug-likeness (QED) is 0.438. The Kier molecular flexibility index (Phi) is 7.73. The third-order valence-electron chi connectivity index (χ3n) is 3.31. The highest BCUT2D eigenvalue weighted by Crippen LogP contribution is 2.05. The van der Waals surface area contributed by atoms with Gasteiger partial charge in [0, 0.05) is 45.7 Å². The second-order valence-corrected chi connectivity index (χ2v) is 5.70. The minimum absolute atomic E-state index is 0. The van der Waals surface area contributed by atoms with Crippen molar-refractivity contribution in [3.05, 3.63) is 28.2 Å². The molecule has 2 rings (SSSR count). The number of aromatic nitrogens is 4. The lowest BCUT2D eigenvalue weighted by Crippen LogP contribution is -2.39. The number of rotatable bonds is 5. The summed E-state index contributed by atoms with van der Waals surface area (Å²) < 4.78 is 1.97. The molecular weight excluding hydrogens is 413 g/mol. The zero-order valence-electron chi connectivity index (χ0n) is 13.3. The van der Waals surface area contributed by atoms with Gasteiger partial charge in [-0.3, -0.25) is 4.99 Å². The maximum absolute atomic E-state index is 4.30. The average Bonchev–Trinajstić information content (AvgIpc) is 3.10. The fraction of sp³-hybridized carbons (Fsp3) is 0.538. The lowest BCUT2D eigenvalue weighted by molar-refractivity contribution is 0.482. The Hall–Kier alpha value is -1.23. The van der Waals surface area contributed by atoms with E-state index < -0.39 is 0 Å². The van der Waals surface area contributed by atoms with Crippen LogP contribution in [-0.4, -0.2) is 51.2 Å². The van der Waals surface area contributed by atoms with Gasteiger partial charge < -0.3 is 14.8 Å². The molecule has 0 fully saturated rings. The first-order valence-electron chi connectivity index (χ1n) is 6.77. The van der Waals surface area contributed by atoms with Crippen molar-refractivity contribution in [1.29, 1.82) is 0 Å². The maximum atomic E-state index is 4.30. The van der Waals surface area contributed by atoms with Crippen LogP contribution in [0, 0.1) is 6.92 Å². The Morgan fingerprint density at radius 2 is 2.23 bits per heavy atom. The van der Waals surface area contributed by atoms with Gasteiger partial charge in [-0.15, -0.1) is 45.5 Å². The van der Waals surface area contributed by atoms with Crippen molar-refractivity contribution in [2.45, 2.75) is 19.9 Å². The minimum atomic E-state index is 0. The summed E-state index contributed by atoms with van der Waals surface area (Å²) in [5.41, 5.74) is 0. The van der Waals surface area contributed by atoms with Crippen LogP contribution >= 0.6 is 35.3 Å². The van der Waals surface area contributed by atoms with Gasteiger partial charge in [0.2, 0.25) is 0 Å². The van der Waals surface area contributed by atoms with Crippen LogP contribution in [0.15, 0.2) is 16.6 Å². The van der Waals surface area contributed by atoms with Gasteiger partial charge in [0.25, 0.3) is 0 Å². The molecule has 0 spiro atoms. The highest BCUT2D eigenvalue weighted by molar-refractivity contribution is 14.0. The van der Waals surface area contributed by atoms with E-state index in [0.29, 0.717) is 6.54 Å². The van der Waals surface area contributed by atoms with E-state index in [2.05, 4.69) is 30.4 Å². The molecule has 0 aliphatic carbocycles. The van der Waals surface area contributed by atoms with Crippen LogP contribution < -0.4 is 5.32 Å². The van der Waals surface area contributed by atoms with E-state index in [0.717, 1.165) is 35.6 Å². The van der Waals surface area contributed by atoms with Crippen LogP contribution in [0.4, 0.5) is 0 Å². The summed E-state index contributed by atoms with van der Waals surface area (Å²) in [6, 6.07) is 0. The molecule has 0 bridgehead atoms. The Bertz CT molecular complexity index is 594. The lowest BCUT2D eigenvalue weighted by Gasteiger charge is -2.21. The highest BCUT2D eigenvalue weighted by Gasteiger charge is 2.09. The van der Waals surface area contributed by atoms with Gasteiger partial charge in [-0.25, -0.2) is 4.98 Å². The Morgan fingerprint density at radius 1 is 1.45 bits per heavy atom. The summed E-state index contributed by atoms with van der Waals surface area (Å²) in [5, 5.41) is 14.6. The summed E-state index contributed by atoms with van der Waals surface area (Å²) in [6.45, 7) is 3.40. The number of hydrogen-bond donors (Lipinski definition) is 1. The van der Waals surface area contributed by atoms with Crippen LogP contribution in [0.2, 0.25) is 0 Å². The topological polar surface area (TPSA) is 71.2 Å². The lowest BCUT2D eigenvalue weighted by atomic mass is 10.4. The summed E-state index contributed by atoms with van der Waals surface area (Å²) >= 11 is 1.68. The second kappa shape index (κ2) is 9.03. The van der Waals surface area contributed by atoms with Crippen LogP contribution in [0.1, 0.15) is 16.7 Å². The van der Waals surface area contributed by atoms with E-state index in [4.69, 9.17) is 0 Å². The van der Waals surface area contributed by atoms with Crippen LogP contribution in [-0.2, 0) is 20.0 Å². The summed E-state index contributed by atoms with van der Waals surface area (Å²) in [5.74, 6) is 2.63. The highest BCUT2D eigenvalue weighted by atomic mass is 127. The predicted octanol–water partition coefficient (Wildman–Crippen LogP) is 1.45. The van der Waals surface area contributed by atoms with Crippen molar-refractivity contribution in [1.82, 2.24) is 30.0 Å². The van der Waals surface area contributed by atoms with Gasteiger partial charge in [0.15, 0.2) is 11.8 Å². The molecule has 0 aliphatic heterocycles. The minimum Gasteiger partial charge on any atom is -0.349 e. The number of nitrogens with one attached hydrogen (secondary N) is 1. The third kappa shape index (κ3) is 4.90. The molecule has 1 N–H and O–H groups in total. The molecule has 122 valence electrons. The largest absolute Gasteiger partial charge is 0.349 e. The first kappa shape index (κ1) is 18.8. The standard InChI is InChI=1S/C13H21N7S.HI/c1-10-17-18-11(20(10)4)9-16-13(14-2)19(3)7-5-12-15-6-8-21-12;/h6,8H,5,7,9H2,1-4H3,(H,14,16);1H. The molecule has 0 saturated carbocycles. The van der Waals surface area contributed by atoms with Crippen molar-refractivity contribution in [3.8, 4) is 0 Å². The molecule has 0 aliphatic rings. The molecule has 2 aromatic heterocycles. The number of aliphatic imine (C=N–C) groups is 1. The third-order valence-corrected chi connectivity index (χ3v) is 4.14. The fourth-order valence-electron chi connectivity index (χ4n) is 1.89. The molecule has 0 saturated heterocycles. The van der Waals surface area contributed by atoms with Gasteiger partial charge in [-0.1, -0.05) is 0 Å². The molecule has 2 aromatic rings. The number of halogens is 1. The molecule has 0 unspecified atom stereocenters. The number of hydrogen-bond acceptors (Lipinski definition) is 5. The van der Waals surface area contributed by atoms with E-state index in [1.165, 1.54) is 0 Å². The average molecular weight is 435 g/mol. The Labute approximate surface area is 151 Å². The maximum Gasteiger partial charge on any atom is 0.193 e. The summed E-state index contributed by atoms with van der Waals surface area (Å²) in [4.78, 5) is 10.7. The molecule has 2 heterocycles. The zero-order chi connectivity index (χ0) is 15.2. The SMILES string of the molecule is CN=C(NCc1nnc(C)n1C)N(C)CCc1nccs1.I. The molecule has 0 aromatic carbocycles. The van der Waals surface area contributed by atoms with E-state index in [9.17, 15) is 0 Å². The molecule has 0 atom stereocenters. The smallest absolute Gasteiger partial charge is 0.193 e. The van der Waals surface area contributed by atoms with Crippen LogP contribution in [0.5, 0.6) is 0 Å². The van der Waals surface area contributed by atoms with Crippen molar-refractivity contribution < 1.29 is 0 Å². The van der Waals surface area contributed by atoms with Crippen molar-refractivity contribution in [2.75, 3.05) is 20.6 Å². The number of guanidine groups is 1. The van der Waals surface area contributed by atoms with E-state index in [-0.39, 0.29) is 24.0 Å². The van der Waals surface area contributed by atoms with Gasteiger partial charge in [0.05, 0.1) is 11.6 Å². The van der Waals surface area contributed by atoms with Crippen LogP contribution in [0.25, 0.3) is 0 Å². The molecule has 22 heavy (non-hydrogen) atoms. The Balaban J connectivity index is 0.00000242. The molecule has 0 amide bonds. The van der Waals surface area contributed by atoms with E-state index in [1.807, 2.05) is 37.2 Å². The van der Waals surface area contributed by atoms with Gasteiger partial charge in [-0.05, 0) is 6.92 Å². The van der Waals surface area contributed by atoms with Crippen molar-refractivity contribution >= 4 is 41.3 Å². The first-order chi connectivity index (χ1) is 10.1. The van der Waals surface area contributed by atoms with Gasteiger partial charge >= 0.3 is 0 Å². The normalized spacial score (nSPS) is 11.2. The zero-order valence-corrected chi connectivity index (χ0v) is 16.4. The Morgan fingerprint density at radius 3 is 2.77 bits per heavy atom. The number of aryl methyl sites for hydroxylation is 1. The molecule has 9 heteroatoms. The molecule has 0 radical (unpaired) electrons. The number of likely N-dealkylation sites (N-methyl/N-ethyl adjacent to an activating group) is 1. The predicted molar refractivity (Wildman–Crippen MR) is 99.8 cm³/mol. The van der Waals surface area contributed by atoms with Crippen molar-refractivity contribution in [2.24, 2.45) is 12.0 Å². The monoisotopic (exact) mass is 435 g/mol. The first-order valence-corrected chi connectivity index (χ1v) is 7.64. The van der Waals surface area contributed by atoms with Crippen molar-refractivity contribution in [3.63, 3.8) is 0 Å².